The maximum Gasteiger partial charge on any atom is 0.252 e. The number of hydrogen-bond donors (Lipinski definition) is 0. The molecule has 9 heteroatoms. The molecule has 0 N–H and O–H groups in total. The molecule has 0 spiro atoms. The number of nitrogens with zero attached hydrogens (tertiary/aromatic N) is 7. The number of halogens is 1. The molecule has 1 aromatic carbocycles. The fourth-order valence-electron chi connectivity index (χ4n) is 3.61. The highest BCUT2D eigenvalue weighted by molar-refractivity contribution is 5.78. The average molecular weight is 393 g/mol. The van der Waals surface area contributed by atoms with Crippen LogP contribution in [0.1, 0.15) is 22.8 Å². The second-order valence-corrected chi connectivity index (χ2v) is 7.07. The Bertz CT molecular complexity index is 1130. The minimum absolute atomic E-state index is 0.0411. The first-order valence-corrected chi connectivity index (χ1v) is 9.37. The lowest BCUT2D eigenvalue weighted by Crippen LogP contribution is -2.49. The quantitative estimate of drug-likeness (QED) is 0.672. The third-order valence-corrected chi connectivity index (χ3v) is 5.05. The summed E-state index contributed by atoms with van der Waals surface area (Å²) in [5, 5.41) is 13.6. The third kappa shape index (κ3) is 3.61. The number of carbonyl (C=O) groups is 1. The molecule has 0 bridgehead atoms. The zero-order chi connectivity index (χ0) is 20.5. The van der Waals surface area contributed by atoms with Gasteiger partial charge >= 0.3 is 0 Å². The van der Waals surface area contributed by atoms with Gasteiger partial charge in [-0.15, -0.1) is 5.10 Å². The van der Waals surface area contributed by atoms with Crippen molar-refractivity contribution in [1.29, 1.82) is 5.26 Å². The second-order valence-electron chi connectivity index (χ2n) is 7.07. The monoisotopic (exact) mass is 393 g/mol. The van der Waals surface area contributed by atoms with Crippen LogP contribution in [0.2, 0.25) is 0 Å². The zero-order valence-corrected chi connectivity index (χ0v) is 16.3. The van der Waals surface area contributed by atoms with Gasteiger partial charge in [-0.25, -0.2) is 13.9 Å². The molecule has 29 heavy (non-hydrogen) atoms. The Morgan fingerprint density at radius 2 is 1.97 bits per heavy atom. The third-order valence-electron chi connectivity index (χ3n) is 5.05. The summed E-state index contributed by atoms with van der Waals surface area (Å²) in [6, 6.07) is 8.44. The Balaban J connectivity index is 1.43. The van der Waals surface area contributed by atoms with E-state index in [0.29, 0.717) is 43.5 Å². The normalized spacial score (nSPS) is 14.3. The van der Waals surface area contributed by atoms with E-state index in [1.54, 1.807) is 21.5 Å². The summed E-state index contributed by atoms with van der Waals surface area (Å²) in [4.78, 5) is 25.1. The fourth-order valence-corrected chi connectivity index (χ4v) is 3.61. The summed E-state index contributed by atoms with van der Waals surface area (Å²) in [6.45, 7) is 5.85. The van der Waals surface area contributed by atoms with Gasteiger partial charge in [0.25, 0.3) is 5.78 Å². The van der Waals surface area contributed by atoms with Crippen LogP contribution in [0.25, 0.3) is 5.78 Å². The van der Waals surface area contributed by atoms with Gasteiger partial charge in [-0.3, -0.25) is 4.79 Å². The van der Waals surface area contributed by atoms with Crippen LogP contribution < -0.4 is 4.90 Å². The van der Waals surface area contributed by atoms with Crippen molar-refractivity contribution in [2.75, 3.05) is 31.1 Å². The number of nitriles is 1. The highest BCUT2D eigenvalue weighted by Crippen LogP contribution is 2.23. The molecule has 3 heterocycles. The lowest BCUT2D eigenvalue weighted by Gasteiger charge is -2.36. The predicted octanol–water partition coefficient (Wildman–Crippen LogP) is 1.64. The number of benzene rings is 1. The zero-order valence-electron chi connectivity index (χ0n) is 16.3. The molecule has 1 aliphatic rings. The van der Waals surface area contributed by atoms with Crippen LogP contribution >= 0.6 is 0 Å². The maximum absolute atomic E-state index is 13.9. The number of amides is 1. The molecular formula is C20H20FN7O. The number of fused-ring (bicyclic) bond motifs is 1. The number of hydrogen-bond acceptors (Lipinski definition) is 6. The summed E-state index contributed by atoms with van der Waals surface area (Å²) in [5.74, 6) is 0.344. The Labute approximate surface area is 167 Å². The van der Waals surface area contributed by atoms with Gasteiger partial charge in [-0.1, -0.05) is 6.07 Å². The molecule has 0 unspecified atom stereocenters. The van der Waals surface area contributed by atoms with Crippen molar-refractivity contribution in [2.24, 2.45) is 0 Å². The van der Waals surface area contributed by atoms with E-state index < -0.39 is 5.82 Å². The molecule has 0 atom stereocenters. The lowest BCUT2D eigenvalue weighted by atomic mass is 10.1. The molecule has 4 rings (SSSR count). The number of carbonyl (C=O) groups excluding carboxylic acids is 1. The van der Waals surface area contributed by atoms with E-state index in [1.165, 1.54) is 6.07 Å². The molecule has 1 fully saturated rings. The minimum Gasteiger partial charge on any atom is -0.367 e. The lowest BCUT2D eigenvalue weighted by molar-refractivity contribution is -0.130. The molecule has 8 nitrogen and oxygen atoms in total. The Morgan fingerprint density at radius 3 is 2.69 bits per heavy atom. The van der Waals surface area contributed by atoms with Crippen molar-refractivity contribution in [3.05, 3.63) is 52.9 Å². The van der Waals surface area contributed by atoms with Crippen LogP contribution in [0.3, 0.4) is 0 Å². The predicted molar refractivity (Wildman–Crippen MR) is 104 cm³/mol. The van der Waals surface area contributed by atoms with Gasteiger partial charge in [0.2, 0.25) is 5.91 Å². The van der Waals surface area contributed by atoms with E-state index in [-0.39, 0.29) is 17.9 Å². The van der Waals surface area contributed by atoms with Gasteiger partial charge in [-0.2, -0.15) is 10.2 Å². The number of aryl methyl sites for hydroxylation is 2. The molecule has 1 aliphatic heterocycles. The molecular weight excluding hydrogens is 373 g/mol. The highest BCUT2D eigenvalue weighted by Gasteiger charge is 2.24. The first-order valence-electron chi connectivity index (χ1n) is 9.37. The molecule has 1 amide bonds. The van der Waals surface area contributed by atoms with E-state index in [4.69, 9.17) is 0 Å². The van der Waals surface area contributed by atoms with E-state index in [0.717, 1.165) is 11.4 Å². The van der Waals surface area contributed by atoms with Crippen molar-refractivity contribution >= 4 is 17.4 Å². The van der Waals surface area contributed by atoms with E-state index in [9.17, 15) is 14.4 Å². The van der Waals surface area contributed by atoms with Crippen molar-refractivity contribution in [2.45, 2.75) is 20.3 Å². The van der Waals surface area contributed by atoms with E-state index in [2.05, 4.69) is 15.1 Å². The van der Waals surface area contributed by atoms with Crippen LogP contribution in [0.4, 0.5) is 10.1 Å². The van der Waals surface area contributed by atoms with Crippen molar-refractivity contribution < 1.29 is 9.18 Å². The number of aromatic nitrogens is 4. The maximum atomic E-state index is 13.9. The Hall–Kier alpha value is -3.54. The topological polar surface area (TPSA) is 90.4 Å². The molecule has 0 aliphatic carbocycles. The van der Waals surface area contributed by atoms with Crippen LogP contribution in [-0.2, 0) is 11.2 Å². The smallest absolute Gasteiger partial charge is 0.252 e. The first kappa shape index (κ1) is 18.8. The van der Waals surface area contributed by atoms with Gasteiger partial charge in [0.1, 0.15) is 17.4 Å². The summed E-state index contributed by atoms with van der Waals surface area (Å²) in [5.41, 5.74) is 2.37. The number of rotatable bonds is 3. The minimum atomic E-state index is -0.527. The van der Waals surface area contributed by atoms with E-state index >= 15 is 0 Å². The van der Waals surface area contributed by atoms with Crippen LogP contribution in [0.15, 0.2) is 24.3 Å². The SMILES string of the molecule is Cc1cc(C)n2nc(CC(=O)N3CCN(c4cccc(F)c4C#N)CC3)nc2n1. The Kier molecular flexibility index (Phi) is 4.84. The van der Waals surface area contributed by atoms with Crippen LogP contribution in [0.5, 0.6) is 0 Å². The van der Waals surface area contributed by atoms with Gasteiger partial charge in [0.15, 0.2) is 5.82 Å². The molecule has 0 saturated carbocycles. The summed E-state index contributed by atoms with van der Waals surface area (Å²) >= 11 is 0. The molecule has 148 valence electrons. The van der Waals surface area contributed by atoms with E-state index in [1.807, 2.05) is 30.9 Å². The van der Waals surface area contributed by atoms with Crippen molar-refractivity contribution in [3.63, 3.8) is 0 Å². The van der Waals surface area contributed by atoms with Gasteiger partial charge in [0, 0.05) is 37.6 Å². The number of anilines is 1. The molecule has 2 aromatic heterocycles. The summed E-state index contributed by atoms with van der Waals surface area (Å²) in [6.07, 6.45) is 0.102. The van der Waals surface area contributed by atoms with Crippen molar-refractivity contribution in [1.82, 2.24) is 24.5 Å². The fraction of sp³-hybridized carbons (Fsp3) is 0.350. The van der Waals surface area contributed by atoms with Crippen LogP contribution in [0, 0.1) is 31.0 Å². The average Bonchev–Trinajstić information content (AvgIpc) is 3.10. The first-order chi connectivity index (χ1) is 14.0. The van der Waals surface area contributed by atoms with Gasteiger partial charge in [-0.05, 0) is 32.0 Å². The molecule has 0 radical (unpaired) electrons. The number of piperazine rings is 1. The summed E-state index contributed by atoms with van der Waals surface area (Å²) < 4.78 is 15.5. The Morgan fingerprint density at radius 1 is 1.21 bits per heavy atom. The van der Waals surface area contributed by atoms with Crippen LogP contribution in [-0.4, -0.2) is 56.6 Å². The van der Waals surface area contributed by atoms with Gasteiger partial charge in [0.05, 0.1) is 12.1 Å². The molecule has 1 saturated heterocycles. The van der Waals surface area contributed by atoms with Crippen molar-refractivity contribution in [3.8, 4) is 6.07 Å². The van der Waals surface area contributed by atoms with Gasteiger partial charge < -0.3 is 9.80 Å². The second kappa shape index (κ2) is 7.47. The molecule has 3 aromatic rings. The standard InChI is InChI=1S/C20H20FN7O/c1-13-10-14(2)28-20(23-13)24-18(25-28)11-19(29)27-8-6-26(7-9-27)17-5-3-4-16(21)15(17)12-22/h3-5,10H,6-9,11H2,1-2H3. The summed E-state index contributed by atoms with van der Waals surface area (Å²) in [7, 11) is 0. The highest BCUT2D eigenvalue weighted by atomic mass is 19.1. The largest absolute Gasteiger partial charge is 0.367 e.